The summed E-state index contributed by atoms with van der Waals surface area (Å²) in [5.41, 5.74) is 4.25. The van der Waals surface area contributed by atoms with Gasteiger partial charge in [0.1, 0.15) is 18.5 Å². The molecule has 6 rings (SSSR count). The molecule has 3 aromatic carbocycles. The third-order valence-electron chi connectivity index (χ3n) is 8.07. The molecule has 2 fully saturated rings. The first-order chi connectivity index (χ1) is 19.5. The van der Waals surface area contributed by atoms with E-state index in [1.165, 1.54) is 0 Å². The number of rotatable bonds is 5. The molecule has 3 aliphatic rings. The van der Waals surface area contributed by atoms with E-state index in [1.807, 2.05) is 81.1 Å². The molecule has 3 aliphatic heterocycles. The molecule has 2 N–H and O–H groups in total. The van der Waals surface area contributed by atoms with Crippen molar-refractivity contribution < 1.29 is 23.6 Å². The van der Waals surface area contributed by atoms with Crippen molar-refractivity contribution in [2.24, 2.45) is 0 Å². The van der Waals surface area contributed by atoms with Crippen molar-refractivity contribution in [3.8, 4) is 11.8 Å². The quantitative estimate of drug-likeness (QED) is 0.461. The van der Waals surface area contributed by atoms with Crippen LogP contribution in [0.3, 0.4) is 0 Å². The average Bonchev–Trinajstić information content (AvgIpc) is 3.17. The van der Waals surface area contributed by atoms with E-state index >= 15 is 0 Å². The highest BCUT2D eigenvalue weighted by Crippen LogP contribution is 2.40. The topological polar surface area (TPSA) is 113 Å². The molecular formula is C31H29BN4O5. The van der Waals surface area contributed by atoms with E-state index in [9.17, 15) is 14.9 Å². The van der Waals surface area contributed by atoms with E-state index in [0.29, 0.717) is 29.2 Å². The molecule has 0 spiro atoms. The highest BCUT2D eigenvalue weighted by molar-refractivity contribution is 6.62. The lowest BCUT2D eigenvalue weighted by Crippen LogP contribution is -2.60. The van der Waals surface area contributed by atoms with E-state index < -0.39 is 36.4 Å². The van der Waals surface area contributed by atoms with Crippen molar-refractivity contribution >= 4 is 42.0 Å². The van der Waals surface area contributed by atoms with Gasteiger partial charge in [-0.3, -0.25) is 10.1 Å². The Hall–Kier alpha value is -4.59. The van der Waals surface area contributed by atoms with Crippen LogP contribution in [0.4, 0.5) is 16.2 Å². The zero-order chi connectivity index (χ0) is 28.9. The smallest absolute Gasteiger partial charge is 0.489 e. The summed E-state index contributed by atoms with van der Waals surface area (Å²) in [6, 6.07) is 22.2. The predicted molar refractivity (Wildman–Crippen MR) is 155 cm³/mol. The van der Waals surface area contributed by atoms with Gasteiger partial charge in [-0.2, -0.15) is 5.26 Å². The fourth-order valence-electron chi connectivity index (χ4n) is 5.04. The van der Waals surface area contributed by atoms with Crippen molar-refractivity contribution in [1.82, 2.24) is 10.6 Å². The van der Waals surface area contributed by atoms with Crippen LogP contribution in [-0.2, 0) is 20.7 Å². The summed E-state index contributed by atoms with van der Waals surface area (Å²) in [5.74, 6) is 0.205. The number of carbonyl (C=O) groups excluding carboxylic acids is 2. The van der Waals surface area contributed by atoms with Crippen LogP contribution >= 0.6 is 0 Å². The second kappa shape index (κ2) is 9.80. The first kappa shape index (κ1) is 26.6. The maximum Gasteiger partial charge on any atom is 0.494 e. The van der Waals surface area contributed by atoms with Crippen LogP contribution in [0.25, 0.3) is 6.08 Å². The zero-order valence-electron chi connectivity index (χ0n) is 23.2. The van der Waals surface area contributed by atoms with Crippen LogP contribution in [0, 0.1) is 11.3 Å². The van der Waals surface area contributed by atoms with Crippen molar-refractivity contribution in [3.05, 3.63) is 89.0 Å². The SMILES string of the molecule is CC1(C)OB(c2ccc(COc3ccc(N4c5cc(C#N)ccc5C=C5C(=O)NC(=O)NC54)cc3)cc2)OC1(C)C. The number of fused-ring (bicyclic) bond motifs is 2. The van der Waals surface area contributed by atoms with E-state index in [1.54, 1.807) is 24.3 Å². The molecular weight excluding hydrogens is 519 g/mol. The van der Waals surface area contributed by atoms with Crippen molar-refractivity contribution in [3.63, 3.8) is 0 Å². The lowest BCUT2D eigenvalue weighted by molar-refractivity contribution is -0.117. The summed E-state index contributed by atoms with van der Waals surface area (Å²) >= 11 is 0. The van der Waals surface area contributed by atoms with Gasteiger partial charge in [0, 0.05) is 5.69 Å². The van der Waals surface area contributed by atoms with Crippen molar-refractivity contribution in [2.75, 3.05) is 4.90 Å². The summed E-state index contributed by atoms with van der Waals surface area (Å²) in [6.07, 6.45) is 1.02. The third kappa shape index (κ3) is 4.84. The second-order valence-electron chi connectivity index (χ2n) is 11.3. The standard InChI is InChI=1S/C31H29BN4O5/c1-30(2)31(3,4)41-32(40-30)22-9-6-19(7-10-22)18-39-24-13-11-23(12-14-24)36-26-15-20(17-33)5-8-21(26)16-25-27(36)34-29(38)35-28(25)37/h5-16,27H,18H2,1-4H3,(H2,34,35,37,38). The number of imide groups is 1. The maximum atomic E-state index is 12.6. The number of hydrogen-bond donors (Lipinski definition) is 2. The van der Waals surface area contributed by atoms with E-state index in [0.717, 1.165) is 22.3 Å². The summed E-state index contributed by atoms with van der Waals surface area (Å²) < 4.78 is 18.3. The minimum absolute atomic E-state index is 0.368. The van der Waals surface area contributed by atoms with Crippen molar-refractivity contribution in [1.29, 1.82) is 5.26 Å². The first-order valence-corrected chi connectivity index (χ1v) is 13.4. The number of ether oxygens (including phenoxy) is 1. The van der Waals surface area contributed by atoms with Gasteiger partial charge in [0.25, 0.3) is 5.91 Å². The van der Waals surface area contributed by atoms with Gasteiger partial charge in [-0.05, 0) is 86.8 Å². The van der Waals surface area contributed by atoms with Crippen LogP contribution in [-0.4, -0.2) is 36.4 Å². The van der Waals surface area contributed by atoms with Crippen LogP contribution in [0.15, 0.2) is 72.3 Å². The van der Waals surface area contributed by atoms with Gasteiger partial charge >= 0.3 is 13.1 Å². The van der Waals surface area contributed by atoms with Gasteiger partial charge in [0.05, 0.1) is 34.1 Å². The fraction of sp³-hybridized carbons (Fsp3) is 0.258. The maximum absolute atomic E-state index is 12.6. The molecule has 1 unspecified atom stereocenters. The number of urea groups is 1. The molecule has 0 aromatic heterocycles. The Morgan fingerprint density at radius 2 is 1.66 bits per heavy atom. The molecule has 0 saturated carbocycles. The van der Waals surface area contributed by atoms with Crippen LogP contribution in [0.2, 0.25) is 0 Å². The van der Waals surface area contributed by atoms with Crippen LogP contribution in [0.5, 0.6) is 5.75 Å². The molecule has 0 aliphatic carbocycles. The highest BCUT2D eigenvalue weighted by Gasteiger charge is 2.51. The molecule has 0 radical (unpaired) electrons. The molecule has 2 saturated heterocycles. The summed E-state index contributed by atoms with van der Waals surface area (Å²) in [6.45, 7) is 8.50. The Balaban J connectivity index is 1.18. The minimum Gasteiger partial charge on any atom is -0.489 e. The average molecular weight is 548 g/mol. The number of nitrogens with one attached hydrogen (secondary N) is 2. The lowest BCUT2D eigenvalue weighted by Gasteiger charge is -2.41. The molecule has 9 nitrogen and oxygen atoms in total. The Kier molecular flexibility index (Phi) is 6.37. The van der Waals surface area contributed by atoms with Gasteiger partial charge in [-0.25, -0.2) is 4.79 Å². The number of hydrogen-bond acceptors (Lipinski definition) is 7. The molecule has 3 aromatic rings. The minimum atomic E-state index is -0.716. The number of amides is 3. The Labute approximate surface area is 238 Å². The Morgan fingerprint density at radius 1 is 0.976 bits per heavy atom. The second-order valence-corrected chi connectivity index (χ2v) is 11.3. The van der Waals surface area contributed by atoms with Crippen LogP contribution < -0.4 is 25.7 Å². The monoisotopic (exact) mass is 548 g/mol. The summed E-state index contributed by atoms with van der Waals surface area (Å²) in [4.78, 5) is 26.7. The van der Waals surface area contributed by atoms with Gasteiger partial charge in [0.2, 0.25) is 0 Å². The number of anilines is 2. The molecule has 10 heteroatoms. The molecule has 1 atom stereocenters. The molecule has 3 heterocycles. The van der Waals surface area contributed by atoms with Crippen LogP contribution in [0.1, 0.15) is 44.4 Å². The first-order valence-electron chi connectivity index (χ1n) is 13.4. The zero-order valence-corrected chi connectivity index (χ0v) is 23.2. The number of nitriles is 1. The number of nitrogens with zero attached hydrogens (tertiary/aromatic N) is 2. The summed E-state index contributed by atoms with van der Waals surface area (Å²) in [5, 5.41) is 14.6. The van der Waals surface area contributed by atoms with E-state index in [4.69, 9.17) is 14.0 Å². The number of carbonyl (C=O) groups is 2. The van der Waals surface area contributed by atoms with Gasteiger partial charge in [0.15, 0.2) is 0 Å². The number of benzene rings is 3. The third-order valence-corrected chi connectivity index (χ3v) is 8.07. The fourth-order valence-corrected chi connectivity index (χ4v) is 5.04. The summed E-state index contributed by atoms with van der Waals surface area (Å²) in [7, 11) is -0.415. The van der Waals surface area contributed by atoms with Gasteiger partial charge in [-0.15, -0.1) is 0 Å². The highest BCUT2D eigenvalue weighted by atomic mass is 16.7. The molecule has 41 heavy (non-hydrogen) atoms. The molecule has 0 bridgehead atoms. The van der Waals surface area contributed by atoms with Gasteiger partial charge < -0.3 is 24.3 Å². The predicted octanol–water partition coefficient (Wildman–Crippen LogP) is 4.14. The Bertz CT molecular complexity index is 1590. The lowest BCUT2D eigenvalue weighted by atomic mass is 9.79. The van der Waals surface area contributed by atoms with Crippen molar-refractivity contribution in [2.45, 2.75) is 51.7 Å². The largest absolute Gasteiger partial charge is 0.494 e. The van der Waals surface area contributed by atoms with E-state index in [2.05, 4.69) is 16.7 Å². The molecule has 206 valence electrons. The van der Waals surface area contributed by atoms with Gasteiger partial charge in [-0.1, -0.05) is 30.3 Å². The van der Waals surface area contributed by atoms with E-state index in [-0.39, 0.29) is 0 Å². The normalized spacial score (nSPS) is 20.3. The Morgan fingerprint density at radius 3 is 2.32 bits per heavy atom. The molecule has 3 amide bonds.